The summed E-state index contributed by atoms with van der Waals surface area (Å²) in [5.41, 5.74) is 0.400. The summed E-state index contributed by atoms with van der Waals surface area (Å²) in [6.07, 6.45) is 3.33. The number of carbonyl (C=O) groups excluding carboxylic acids is 1. The lowest BCUT2D eigenvalue weighted by Gasteiger charge is -2.01. The quantitative estimate of drug-likeness (QED) is 0.709. The monoisotopic (exact) mass is 368 g/mol. The number of para-hydroxylation sites is 1. The summed E-state index contributed by atoms with van der Waals surface area (Å²) < 4.78 is 1.61. The van der Waals surface area contributed by atoms with Crippen molar-refractivity contribution >= 4 is 39.3 Å². The zero-order chi connectivity index (χ0) is 17.4. The maximum Gasteiger partial charge on any atom is 0.279 e. The third-order valence-electron chi connectivity index (χ3n) is 3.64. The second kappa shape index (κ2) is 6.23. The van der Waals surface area contributed by atoms with E-state index >= 15 is 0 Å². The molecule has 0 aliphatic carbocycles. The van der Waals surface area contributed by atoms with E-state index in [0.29, 0.717) is 32.3 Å². The molecule has 2 aromatic heterocycles. The summed E-state index contributed by atoms with van der Waals surface area (Å²) in [5.74, 6) is -0.375. The Morgan fingerprint density at radius 3 is 2.96 bits per heavy atom. The van der Waals surface area contributed by atoms with Crippen LogP contribution in [0.4, 0.5) is 5.13 Å². The van der Waals surface area contributed by atoms with E-state index in [1.807, 2.05) is 23.6 Å². The summed E-state index contributed by atoms with van der Waals surface area (Å²) in [4.78, 5) is 26.1. The van der Waals surface area contributed by atoms with Crippen molar-refractivity contribution in [3.05, 3.63) is 68.8 Å². The fraction of sp³-hybridized carbons (Fsp3) is 0.0588. The number of hydrogen-bond donors (Lipinski definition) is 1. The van der Waals surface area contributed by atoms with Gasteiger partial charge in [0.1, 0.15) is 4.88 Å². The predicted molar refractivity (Wildman–Crippen MR) is 96.2 cm³/mol. The first kappa shape index (κ1) is 15.7. The fourth-order valence-electron chi connectivity index (χ4n) is 2.58. The van der Waals surface area contributed by atoms with Gasteiger partial charge in [0, 0.05) is 23.3 Å². The Labute approximate surface area is 150 Å². The summed E-state index contributed by atoms with van der Waals surface area (Å²) in [5, 5.41) is 14.5. The van der Waals surface area contributed by atoms with Crippen LogP contribution in [0.25, 0.3) is 5.57 Å². The Kier molecular flexibility index (Phi) is 3.90. The molecule has 0 saturated heterocycles. The zero-order valence-corrected chi connectivity index (χ0v) is 14.5. The molecule has 0 unspecified atom stereocenters. The standard InChI is InChI=1S/C17H12N4O2S2/c1-2-8-21-15(23)13(25-17(21)20-16-18-7-9-24-16)12-10-5-3-4-6-11(10)19-14(12)22/h2-7,9,23H,1,8H2. The van der Waals surface area contributed by atoms with Gasteiger partial charge in [-0.2, -0.15) is 4.99 Å². The largest absolute Gasteiger partial charge is 0.493 e. The van der Waals surface area contributed by atoms with Crippen LogP contribution in [0.1, 0.15) is 4.88 Å². The molecule has 0 bridgehead atoms. The molecule has 0 saturated carbocycles. The number of rotatable bonds is 4. The van der Waals surface area contributed by atoms with E-state index in [9.17, 15) is 9.90 Å². The van der Waals surface area contributed by atoms with Gasteiger partial charge in [0.15, 0.2) is 4.80 Å². The molecule has 1 aliphatic rings. The van der Waals surface area contributed by atoms with E-state index in [-0.39, 0.29) is 11.8 Å². The molecule has 0 radical (unpaired) electrons. The lowest BCUT2D eigenvalue weighted by Crippen LogP contribution is -2.22. The molecule has 1 amide bonds. The highest BCUT2D eigenvalue weighted by molar-refractivity contribution is 7.13. The number of amides is 1. The Balaban J connectivity index is 2.01. The van der Waals surface area contributed by atoms with Crippen molar-refractivity contribution in [1.29, 1.82) is 0 Å². The minimum absolute atomic E-state index is 0.0181. The molecule has 124 valence electrons. The number of nitrogens with zero attached hydrogens (tertiary/aromatic N) is 4. The van der Waals surface area contributed by atoms with Crippen molar-refractivity contribution in [3.63, 3.8) is 0 Å². The van der Waals surface area contributed by atoms with Crippen LogP contribution in [0.15, 0.2) is 58.5 Å². The minimum Gasteiger partial charge on any atom is -0.493 e. The Bertz CT molecular complexity index is 1170. The molecule has 0 atom stereocenters. The normalized spacial score (nSPS) is 13.8. The fourth-order valence-corrected chi connectivity index (χ4v) is 4.23. The van der Waals surface area contributed by atoms with E-state index in [4.69, 9.17) is 0 Å². The van der Waals surface area contributed by atoms with Gasteiger partial charge in [-0.25, -0.2) is 9.98 Å². The number of benzene rings is 1. The molecule has 8 heteroatoms. The van der Waals surface area contributed by atoms with Crippen molar-refractivity contribution in [2.45, 2.75) is 6.54 Å². The smallest absolute Gasteiger partial charge is 0.279 e. The molecule has 0 fully saturated rings. The molecule has 1 aromatic carbocycles. The van der Waals surface area contributed by atoms with Crippen molar-refractivity contribution in [2.24, 2.45) is 9.98 Å². The Morgan fingerprint density at radius 2 is 2.20 bits per heavy atom. The number of fused-ring (bicyclic) bond motifs is 1. The molecule has 3 heterocycles. The average molecular weight is 368 g/mol. The van der Waals surface area contributed by atoms with Gasteiger partial charge in [-0.05, 0) is 6.07 Å². The minimum atomic E-state index is -0.357. The molecule has 6 nitrogen and oxygen atoms in total. The molecule has 0 spiro atoms. The van der Waals surface area contributed by atoms with Crippen LogP contribution in [0, 0.1) is 0 Å². The Hall–Kier alpha value is -2.84. The summed E-state index contributed by atoms with van der Waals surface area (Å²) in [6.45, 7) is 4.09. The van der Waals surface area contributed by atoms with Crippen LogP contribution >= 0.6 is 22.7 Å². The zero-order valence-electron chi connectivity index (χ0n) is 12.9. The number of allylic oxidation sites excluding steroid dienone is 1. The van der Waals surface area contributed by atoms with E-state index in [1.165, 1.54) is 22.7 Å². The van der Waals surface area contributed by atoms with Gasteiger partial charge in [-0.15, -0.1) is 17.9 Å². The van der Waals surface area contributed by atoms with Gasteiger partial charge >= 0.3 is 0 Å². The van der Waals surface area contributed by atoms with E-state index in [2.05, 4.69) is 21.5 Å². The van der Waals surface area contributed by atoms with E-state index in [1.54, 1.807) is 22.9 Å². The highest BCUT2D eigenvalue weighted by Gasteiger charge is 2.25. The lowest BCUT2D eigenvalue weighted by molar-refractivity contribution is -0.112. The van der Waals surface area contributed by atoms with E-state index < -0.39 is 0 Å². The average Bonchev–Trinajstić information content (AvgIpc) is 3.29. The van der Waals surface area contributed by atoms with Gasteiger partial charge in [0.05, 0.1) is 10.9 Å². The lowest BCUT2D eigenvalue weighted by atomic mass is 10.1. The molecule has 3 aromatic rings. The maximum atomic E-state index is 12.4. The highest BCUT2D eigenvalue weighted by atomic mass is 32.1. The number of thiazole rings is 2. The van der Waals surface area contributed by atoms with E-state index in [0.717, 1.165) is 5.22 Å². The molecular formula is C17H12N4O2S2. The number of aromatic nitrogens is 2. The maximum absolute atomic E-state index is 12.4. The second-order valence-corrected chi connectivity index (χ2v) is 7.02. The van der Waals surface area contributed by atoms with Crippen LogP contribution in [0.2, 0.25) is 0 Å². The third kappa shape index (κ3) is 2.65. The summed E-state index contributed by atoms with van der Waals surface area (Å²) in [6, 6.07) is 7.28. The number of aromatic hydroxyl groups is 1. The Morgan fingerprint density at radius 1 is 1.36 bits per heavy atom. The van der Waals surface area contributed by atoms with Crippen molar-refractivity contribution in [3.8, 4) is 5.88 Å². The van der Waals surface area contributed by atoms with Crippen LogP contribution in [-0.4, -0.2) is 20.6 Å². The number of hydrogen-bond acceptors (Lipinski definition) is 6. The number of carbonyl (C=O) groups is 1. The SMILES string of the molecule is C=CCn1c(O)c(C2=c3ccccc3=NC2=O)sc1=Nc1nccs1. The summed E-state index contributed by atoms with van der Waals surface area (Å²) >= 11 is 2.63. The molecule has 4 rings (SSSR count). The molecule has 1 aliphatic heterocycles. The predicted octanol–water partition coefficient (Wildman–Crippen LogP) is 1.49. The topological polar surface area (TPSA) is 79.8 Å². The van der Waals surface area contributed by atoms with Crippen molar-refractivity contribution in [1.82, 2.24) is 9.55 Å². The molecule has 1 N–H and O–H groups in total. The van der Waals surface area contributed by atoms with Crippen molar-refractivity contribution in [2.75, 3.05) is 0 Å². The van der Waals surface area contributed by atoms with Gasteiger partial charge in [0.2, 0.25) is 11.0 Å². The first-order chi connectivity index (χ1) is 12.2. The second-order valence-electron chi connectivity index (χ2n) is 5.17. The third-order valence-corrected chi connectivity index (χ3v) is 5.39. The van der Waals surface area contributed by atoms with Crippen molar-refractivity contribution < 1.29 is 9.90 Å². The summed E-state index contributed by atoms with van der Waals surface area (Å²) in [7, 11) is 0. The van der Waals surface area contributed by atoms with Gasteiger partial charge in [-0.3, -0.25) is 9.36 Å². The van der Waals surface area contributed by atoms with Crippen LogP contribution in [-0.2, 0) is 11.3 Å². The first-order valence-electron chi connectivity index (χ1n) is 7.39. The van der Waals surface area contributed by atoms with Gasteiger partial charge in [-0.1, -0.05) is 35.6 Å². The van der Waals surface area contributed by atoms with Crippen LogP contribution in [0.3, 0.4) is 0 Å². The van der Waals surface area contributed by atoms with Gasteiger partial charge in [0.25, 0.3) is 5.91 Å². The van der Waals surface area contributed by atoms with Gasteiger partial charge < -0.3 is 5.11 Å². The van der Waals surface area contributed by atoms with Crippen LogP contribution in [0.5, 0.6) is 5.88 Å². The molecular weight excluding hydrogens is 356 g/mol. The molecule has 25 heavy (non-hydrogen) atoms. The van der Waals surface area contributed by atoms with Crippen LogP contribution < -0.4 is 15.4 Å². The highest BCUT2D eigenvalue weighted by Crippen LogP contribution is 2.29. The first-order valence-corrected chi connectivity index (χ1v) is 9.09.